The summed E-state index contributed by atoms with van der Waals surface area (Å²) in [5.41, 5.74) is 0.275. The summed E-state index contributed by atoms with van der Waals surface area (Å²) in [6.45, 7) is 10.3. The third-order valence-corrected chi connectivity index (χ3v) is 7.52. The number of ether oxygens (including phenoxy) is 2. The molecule has 0 radical (unpaired) electrons. The van der Waals surface area contributed by atoms with E-state index in [9.17, 15) is 9.36 Å². The van der Waals surface area contributed by atoms with Crippen molar-refractivity contribution < 1.29 is 18.8 Å². The number of hydrogen-bond donors (Lipinski definition) is 1. The lowest BCUT2D eigenvalue weighted by Gasteiger charge is -2.42. The summed E-state index contributed by atoms with van der Waals surface area (Å²) in [6.07, 6.45) is 1.88. The maximum atomic E-state index is 14.0. The highest BCUT2D eigenvalue weighted by Crippen LogP contribution is 2.50. The standard InChI is InChI=1S/C17H29N4O4P/c1-17(2,3)21-6-4-5-15(21)16(22)18-26(23,19-7-11-24-12-8-19)20-9-13-25-14-10-20/h4-6H,7-14H2,1-3H3,(H,18,22,23). The van der Waals surface area contributed by atoms with Gasteiger partial charge in [-0.05, 0) is 32.9 Å². The van der Waals surface area contributed by atoms with Crippen molar-refractivity contribution in [1.82, 2.24) is 19.0 Å². The molecule has 8 nitrogen and oxygen atoms in total. The van der Waals surface area contributed by atoms with Gasteiger partial charge in [-0.1, -0.05) is 0 Å². The Morgan fingerprint density at radius 3 is 2.00 bits per heavy atom. The Morgan fingerprint density at radius 2 is 1.54 bits per heavy atom. The predicted molar refractivity (Wildman–Crippen MR) is 99.3 cm³/mol. The number of nitrogens with one attached hydrogen (secondary N) is 1. The van der Waals surface area contributed by atoms with Crippen LogP contribution in [0, 0.1) is 0 Å². The Hall–Kier alpha value is -1.18. The first-order chi connectivity index (χ1) is 12.3. The number of amides is 1. The van der Waals surface area contributed by atoms with Crippen molar-refractivity contribution >= 4 is 13.5 Å². The second-order valence-electron chi connectivity index (χ2n) is 7.55. The summed E-state index contributed by atoms with van der Waals surface area (Å²) in [7, 11) is -3.25. The molecule has 0 aromatic carbocycles. The molecule has 2 aliphatic heterocycles. The van der Waals surface area contributed by atoms with Crippen LogP contribution in [0.15, 0.2) is 18.3 Å². The van der Waals surface area contributed by atoms with E-state index in [1.807, 2.05) is 46.9 Å². The minimum atomic E-state index is -3.25. The molecule has 3 heterocycles. The minimum absolute atomic E-state index is 0.238. The number of aromatic nitrogens is 1. The third-order valence-electron chi connectivity index (χ3n) is 4.69. The van der Waals surface area contributed by atoms with E-state index >= 15 is 0 Å². The van der Waals surface area contributed by atoms with Crippen LogP contribution < -0.4 is 5.09 Å². The molecule has 0 atom stereocenters. The SMILES string of the molecule is CC(C)(C)n1cccc1C(=O)NP(=O)(N1CCOCC1)N1CCOCC1. The number of carbonyl (C=O) groups excluding carboxylic acids is 1. The van der Waals surface area contributed by atoms with Gasteiger partial charge in [-0.25, -0.2) is 9.34 Å². The molecule has 9 heteroatoms. The van der Waals surface area contributed by atoms with Crippen LogP contribution in [0.2, 0.25) is 0 Å². The first kappa shape index (κ1) is 19.6. The molecular formula is C17H29N4O4P. The van der Waals surface area contributed by atoms with Gasteiger partial charge >= 0.3 is 7.59 Å². The zero-order chi connectivity index (χ0) is 18.8. The highest BCUT2D eigenvalue weighted by molar-refractivity contribution is 7.57. The summed E-state index contributed by atoms with van der Waals surface area (Å²) in [6, 6.07) is 3.61. The minimum Gasteiger partial charge on any atom is -0.379 e. The monoisotopic (exact) mass is 384 g/mol. The average Bonchev–Trinajstić information content (AvgIpc) is 3.13. The van der Waals surface area contributed by atoms with Crippen molar-refractivity contribution in [2.24, 2.45) is 0 Å². The number of morpholine rings is 2. The van der Waals surface area contributed by atoms with Gasteiger partial charge in [0.15, 0.2) is 0 Å². The first-order valence-electron chi connectivity index (χ1n) is 9.09. The van der Waals surface area contributed by atoms with Gasteiger partial charge in [0.1, 0.15) is 5.69 Å². The van der Waals surface area contributed by atoms with Crippen LogP contribution in [0.3, 0.4) is 0 Å². The Morgan fingerprint density at radius 1 is 1.04 bits per heavy atom. The molecule has 0 bridgehead atoms. The van der Waals surface area contributed by atoms with E-state index in [1.54, 1.807) is 6.07 Å². The van der Waals surface area contributed by atoms with Crippen molar-refractivity contribution in [3.8, 4) is 0 Å². The molecule has 0 aliphatic carbocycles. The fourth-order valence-corrected chi connectivity index (χ4v) is 5.74. The molecule has 1 aromatic heterocycles. The zero-order valence-corrected chi connectivity index (χ0v) is 16.7. The summed E-state index contributed by atoms with van der Waals surface area (Å²) >= 11 is 0. The molecule has 0 saturated carbocycles. The Labute approximate surface area is 154 Å². The Balaban J connectivity index is 1.87. The summed E-state index contributed by atoms with van der Waals surface area (Å²) in [5.74, 6) is -0.314. The summed E-state index contributed by atoms with van der Waals surface area (Å²) in [4.78, 5) is 13.1. The van der Waals surface area contributed by atoms with Crippen molar-refractivity contribution in [3.63, 3.8) is 0 Å². The smallest absolute Gasteiger partial charge is 0.311 e. The van der Waals surface area contributed by atoms with Gasteiger partial charge in [0.05, 0.1) is 26.4 Å². The normalized spacial score (nSPS) is 20.9. The molecular weight excluding hydrogens is 355 g/mol. The van der Waals surface area contributed by atoms with E-state index in [4.69, 9.17) is 9.47 Å². The molecule has 146 valence electrons. The number of rotatable bonds is 4. The lowest BCUT2D eigenvalue weighted by atomic mass is 10.1. The number of carbonyl (C=O) groups is 1. The van der Waals surface area contributed by atoms with Gasteiger partial charge < -0.3 is 14.0 Å². The van der Waals surface area contributed by atoms with E-state index in [-0.39, 0.29) is 11.4 Å². The van der Waals surface area contributed by atoms with Gasteiger partial charge in [0.2, 0.25) is 0 Å². The van der Waals surface area contributed by atoms with Crippen molar-refractivity contribution in [2.75, 3.05) is 52.6 Å². The van der Waals surface area contributed by atoms with Crippen LogP contribution in [-0.2, 0) is 19.6 Å². The number of nitrogens with zero attached hydrogens (tertiary/aromatic N) is 3. The highest BCUT2D eigenvalue weighted by atomic mass is 31.2. The van der Waals surface area contributed by atoms with Gasteiger partial charge in [-0.2, -0.15) is 0 Å². The van der Waals surface area contributed by atoms with Gasteiger partial charge in [0, 0.05) is 37.9 Å². The molecule has 1 aromatic rings. The lowest BCUT2D eigenvalue weighted by molar-refractivity contribution is 0.0505. The topological polar surface area (TPSA) is 76.0 Å². The Bertz CT molecular complexity index is 651. The van der Waals surface area contributed by atoms with Crippen molar-refractivity contribution in [3.05, 3.63) is 24.0 Å². The van der Waals surface area contributed by atoms with Gasteiger partial charge in [-0.3, -0.25) is 14.4 Å². The predicted octanol–water partition coefficient (Wildman–Crippen LogP) is 1.75. The molecule has 0 spiro atoms. The molecule has 2 aliphatic rings. The highest BCUT2D eigenvalue weighted by Gasteiger charge is 2.41. The maximum absolute atomic E-state index is 14.0. The first-order valence-corrected chi connectivity index (χ1v) is 10.7. The van der Waals surface area contributed by atoms with Crippen molar-refractivity contribution in [2.45, 2.75) is 26.3 Å². The van der Waals surface area contributed by atoms with E-state index in [2.05, 4.69) is 5.09 Å². The van der Waals surface area contributed by atoms with E-state index < -0.39 is 7.59 Å². The second-order valence-corrected chi connectivity index (χ2v) is 9.99. The molecule has 1 amide bonds. The quantitative estimate of drug-likeness (QED) is 0.797. The van der Waals surface area contributed by atoms with Crippen molar-refractivity contribution in [1.29, 1.82) is 0 Å². The summed E-state index contributed by atoms with van der Waals surface area (Å²) in [5, 5.41) is 2.88. The van der Waals surface area contributed by atoms with Crippen LogP contribution in [0.25, 0.3) is 0 Å². The van der Waals surface area contributed by atoms with E-state index in [0.29, 0.717) is 58.3 Å². The van der Waals surface area contributed by atoms with Gasteiger partial charge in [-0.15, -0.1) is 0 Å². The fraction of sp³-hybridized carbons (Fsp3) is 0.706. The van der Waals surface area contributed by atoms with E-state index in [0.717, 1.165) is 0 Å². The lowest BCUT2D eigenvalue weighted by Crippen LogP contribution is -2.48. The van der Waals surface area contributed by atoms with E-state index in [1.165, 1.54) is 0 Å². The third kappa shape index (κ3) is 4.05. The molecule has 3 rings (SSSR count). The fourth-order valence-electron chi connectivity index (χ4n) is 3.31. The van der Waals surface area contributed by atoms with Crippen LogP contribution >= 0.6 is 7.59 Å². The zero-order valence-electron chi connectivity index (χ0n) is 15.8. The molecule has 2 saturated heterocycles. The van der Waals surface area contributed by atoms with Crippen LogP contribution in [0.1, 0.15) is 31.3 Å². The summed E-state index contributed by atoms with van der Waals surface area (Å²) < 4.78 is 30.4. The van der Waals surface area contributed by atoms with Crippen LogP contribution in [0.4, 0.5) is 0 Å². The van der Waals surface area contributed by atoms with Crippen LogP contribution in [-0.4, -0.2) is 72.4 Å². The number of hydrogen-bond acceptors (Lipinski definition) is 4. The Kier molecular flexibility index (Phi) is 5.89. The van der Waals surface area contributed by atoms with Gasteiger partial charge in [0.25, 0.3) is 5.91 Å². The molecule has 1 N–H and O–H groups in total. The molecule has 26 heavy (non-hydrogen) atoms. The van der Waals surface area contributed by atoms with Crippen LogP contribution in [0.5, 0.6) is 0 Å². The average molecular weight is 384 g/mol. The molecule has 2 fully saturated rings. The molecule has 0 unspecified atom stereocenters. The maximum Gasteiger partial charge on any atom is 0.311 e. The second kappa shape index (κ2) is 7.82. The largest absolute Gasteiger partial charge is 0.379 e.